The lowest BCUT2D eigenvalue weighted by Gasteiger charge is -2.02. The Bertz CT molecular complexity index is 77.7. The van der Waals surface area contributed by atoms with Gasteiger partial charge < -0.3 is 11.2 Å². The molecule has 50 valence electrons. The topological polar surface area (TPSA) is 72.8 Å². The fourth-order valence-electron chi connectivity index (χ4n) is 0.0833. The molecular weight excluding hydrogens is 173 g/mol. The molecule has 0 aliphatic carbocycles. The van der Waals surface area contributed by atoms with Crippen LogP contribution in [0.2, 0.25) is 0 Å². The van der Waals surface area contributed by atoms with Gasteiger partial charge in [0.25, 0.3) is 0 Å². The first-order chi connectivity index (χ1) is 3.13. The van der Waals surface area contributed by atoms with Crippen molar-refractivity contribution < 1.29 is 5.48 Å². The van der Waals surface area contributed by atoms with Crippen molar-refractivity contribution in [3.05, 3.63) is 0 Å². The van der Waals surface area contributed by atoms with Gasteiger partial charge in [0.2, 0.25) is 0 Å². The lowest BCUT2D eigenvalue weighted by molar-refractivity contribution is 0.653. The highest BCUT2D eigenvalue weighted by molar-refractivity contribution is 7.80. The van der Waals surface area contributed by atoms with E-state index in [1.54, 1.807) is 0 Å². The van der Waals surface area contributed by atoms with Crippen molar-refractivity contribution in [2.75, 3.05) is 0 Å². The van der Waals surface area contributed by atoms with E-state index in [2.05, 4.69) is 17.6 Å². The molecule has 0 rings (SSSR count). The van der Waals surface area contributed by atoms with Gasteiger partial charge in [-0.3, -0.25) is 5.43 Å². The highest BCUT2D eigenvalue weighted by atomic mass is 35.5. The summed E-state index contributed by atoms with van der Waals surface area (Å²) in [5.74, 6) is 0. The zero-order chi connectivity index (χ0) is 5.86. The van der Waals surface area contributed by atoms with Crippen LogP contribution in [0.3, 0.4) is 0 Å². The van der Waals surface area contributed by atoms with E-state index in [4.69, 9.17) is 29.3 Å². The molecule has 0 aliphatic rings. The van der Waals surface area contributed by atoms with Crippen molar-refractivity contribution in [1.82, 2.24) is 9.47 Å². The Labute approximate surface area is 62.0 Å². The molecule has 0 radical (unpaired) electrons. The van der Waals surface area contributed by atoms with Gasteiger partial charge in [-0.05, 0) is 16.3 Å². The van der Waals surface area contributed by atoms with Crippen molar-refractivity contribution in [2.24, 2.45) is 5.73 Å². The van der Waals surface area contributed by atoms with Gasteiger partial charge in [-0.25, -0.2) is 0 Å². The molecule has 0 aromatic carbocycles. The SMILES string of the molecule is NC(=S)NN(Cl)Cl.O. The summed E-state index contributed by atoms with van der Waals surface area (Å²) >= 11 is 14.3. The molecule has 0 saturated carbocycles. The van der Waals surface area contributed by atoms with Crippen LogP contribution in [0.25, 0.3) is 0 Å². The normalized spacial score (nSPS) is 7.88. The van der Waals surface area contributed by atoms with Gasteiger partial charge >= 0.3 is 0 Å². The second-order valence-electron chi connectivity index (χ2n) is 0.709. The molecule has 4 nitrogen and oxygen atoms in total. The van der Waals surface area contributed by atoms with Crippen LogP contribution in [-0.4, -0.2) is 14.6 Å². The molecule has 0 aliphatic heterocycles. The van der Waals surface area contributed by atoms with Gasteiger partial charge in [-0.1, -0.05) is 0 Å². The molecule has 0 unspecified atom stereocenters. The Morgan fingerprint density at radius 2 is 2.00 bits per heavy atom. The van der Waals surface area contributed by atoms with E-state index in [-0.39, 0.29) is 10.6 Å². The Morgan fingerprint density at radius 1 is 1.62 bits per heavy atom. The van der Waals surface area contributed by atoms with Crippen LogP contribution in [-0.2, 0) is 0 Å². The van der Waals surface area contributed by atoms with Gasteiger partial charge in [-0.2, -0.15) is 0 Å². The molecule has 0 saturated heterocycles. The summed E-state index contributed by atoms with van der Waals surface area (Å²) in [5.41, 5.74) is 7.08. The summed E-state index contributed by atoms with van der Waals surface area (Å²) in [6, 6.07) is 0. The molecule has 0 spiro atoms. The van der Waals surface area contributed by atoms with Crippen LogP contribution >= 0.6 is 35.8 Å². The number of thiocarbonyl (C=S) groups is 1. The van der Waals surface area contributed by atoms with E-state index in [0.29, 0.717) is 4.05 Å². The van der Waals surface area contributed by atoms with Crippen LogP contribution in [0.15, 0.2) is 0 Å². The zero-order valence-corrected chi connectivity index (χ0v) is 6.02. The fraction of sp³-hybridized carbons (Fsp3) is 0. The molecule has 0 heterocycles. The molecule has 0 aromatic heterocycles. The molecule has 5 N–H and O–H groups in total. The number of hydrazine groups is 1. The van der Waals surface area contributed by atoms with E-state index in [1.807, 2.05) is 0 Å². The highest BCUT2D eigenvalue weighted by Gasteiger charge is 1.89. The van der Waals surface area contributed by atoms with E-state index in [1.165, 1.54) is 0 Å². The maximum Gasteiger partial charge on any atom is 0.180 e. The lowest BCUT2D eigenvalue weighted by Crippen LogP contribution is -2.33. The smallest absolute Gasteiger partial charge is 0.180 e. The summed E-state index contributed by atoms with van der Waals surface area (Å²) in [6.07, 6.45) is 0. The van der Waals surface area contributed by atoms with Crippen molar-refractivity contribution in [1.29, 1.82) is 0 Å². The van der Waals surface area contributed by atoms with Crippen LogP contribution in [0.1, 0.15) is 0 Å². The summed E-state index contributed by atoms with van der Waals surface area (Å²) in [7, 11) is 0. The molecular formula is CH5Cl2N3OS. The summed E-state index contributed by atoms with van der Waals surface area (Å²) in [4.78, 5) is 0. The Hall–Kier alpha value is 0.190. The number of halogens is 2. The summed E-state index contributed by atoms with van der Waals surface area (Å²) < 4.78 is 0.627. The van der Waals surface area contributed by atoms with E-state index < -0.39 is 0 Å². The third kappa shape index (κ3) is 9.50. The maximum atomic E-state index is 4.99. The minimum absolute atomic E-state index is 0. The first-order valence-corrected chi connectivity index (χ1v) is 2.39. The number of hydrogen-bond donors (Lipinski definition) is 2. The maximum absolute atomic E-state index is 4.99. The largest absolute Gasteiger partial charge is 0.412 e. The minimum Gasteiger partial charge on any atom is -0.412 e. The number of nitrogens with one attached hydrogen (secondary N) is 1. The Morgan fingerprint density at radius 3 is 2.00 bits per heavy atom. The van der Waals surface area contributed by atoms with Crippen LogP contribution in [0.5, 0.6) is 0 Å². The summed E-state index contributed by atoms with van der Waals surface area (Å²) in [6.45, 7) is 0. The molecule has 8 heavy (non-hydrogen) atoms. The minimum atomic E-state index is 0. The fourth-order valence-corrected chi connectivity index (χ4v) is 0.457. The predicted molar refractivity (Wildman–Crippen MR) is 37.1 cm³/mol. The standard InChI is InChI=1S/CH3Cl2N3S.H2O/c2-6(3)5-1(4)7;/h(H3,4,5,7);1H2. The van der Waals surface area contributed by atoms with Gasteiger partial charge in [0.1, 0.15) is 0 Å². The third-order valence-corrected chi connectivity index (χ3v) is 0.455. The molecule has 0 amide bonds. The highest BCUT2D eigenvalue weighted by Crippen LogP contribution is 1.89. The second-order valence-corrected chi connectivity index (χ2v) is 2.00. The second kappa shape index (κ2) is 5.33. The number of hydrogen-bond acceptors (Lipinski definition) is 2. The number of nitrogens with two attached hydrogens (primary N) is 1. The van der Waals surface area contributed by atoms with Gasteiger partial charge in [0.15, 0.2) is 5.11 Å². The van der Waals surface area contributed by atoms with Crippen molar-refractivity contribution in [3.63, 3.8) is 0 Å². The Kier molecular flexibility index (Phi) is 7.36. The van der Waals surface area contributed by atoms with Gasteiger partial charge in [-0.15, -0.1) is 0 Å². The van der Waals surface area contributed by atoms with Crippen molar-refractivity contribution >= 4 is 40.9 Å². The number of nitrogens with zero attached hydrogens (tertiary/aromatic N) is 1. The van der Waals surface area contributed by atoms with E-state index in [0.717, 1.165) is 0 Å². The Balaban J connectivity index is 0. The van der Waals surface area contributed by atoms with Crippen LogP contribution in [0, 0.1) is 0 Å². The predicted octanol–water partition coefficient (Wildman–Crippen LogP) is -0.480. The first-order valence-electron chi connectivity index (χ1n) is 1.30. The molecule has 0 bridgehead atoms. The van der Waals surface area contributed by atoms with E-state index in [9.17, 15) is 0 Å². The summed E-state index contributed by atoms with van der Waals surface area (Å²) in [5, 5.41) is 0.0324. The average molecular weight is 178 g/mol. The monoisotopic (exact) mass is 177 g/mol. The lowest BCUT2D eigenvalue weighted by atomic mass is 11.2. The third-order valence-electron chi connectivity index (χ3n) is 0.195. The zero-order valence-electron chi connectivity index (χ0n) is 3.69. The van der Waals surface area contributed by atoms with Gasteiger partial charge in [0, 0.05) is 23.6 Å². The van der Waals surface area contributed by atoms with Crippen molar-refractivity contribution in [3.8, 4) is 0 Å². The molecule has 0 fully saturated rings. The first kappa shape index (κ1) is 11.0. The van der Waals surface area contributed by atoms with Crippen LogP contribution in [0.4, 0.5) is 0 Å². The quantitative estimate of drug-likeness (QED) is 0.323. The van der Waals surface area contributed by atoms with E-state index >= 15 is 0 Å². The van der Waals surface area contributed by atoms with Crippen molar-refractivity contribution in [2.45, 2.75) is 0 Å². The molecule has 0 atom stereocenters. The molecule has 7 heteroatoms. The molecule has 0 aromatic rings. The van der Waals surface area contributed by atoms with Crippen LogP contribution < -0.4 is 11.2 Å². The van der Waals surface area contributed by atoms with Gasteiger partial charge in [0.05, 0.1) is 0 Å². The number of rotatable bonds is 1. The average Bonchev–Trinajstić information content (AvgIpc) is 1.27.